The molecule has 3 amide bonds. The van der Waals surface area contributed by atoms with Crippen LogP contribution in [0.1, 0.15) is 70.6 Å². The number of carbonyl (C=O) groups excluding carboxylic acids is 2. The number of hydrogen-bond donors (Lipinski definition) is 3. The molecule has 2 rings (SSSR count). The van der Waals surface area contributed by atoms with Crippen molar-refractivity contribution in [3.8, 4) is 0 Å². The Bertz CT molecular complexity index is 416. The van der Waals surface area contributed by atoms with Gasteiger partial charge in [-0.25, -0.2) is 4.79 Å². The van der Waals surface area contributed by atoms with Crippen LogP contribution in [0.25, 0.3) is 0 Å². The highest BCUT2D eigenvalue weighted by molar-refractivity contribution is 5.76. The lowest BCUT2D eigenvalue weighted by Crippen LogP contribution is -2.43. The maximum absolute atomic E-state index is 12.3. The highest BCUT2D eigenvalue weighted by atomic mass is 16.2. The summed E-state index contributed by atoms with van der Waals surface area (Å²) >= 11 is 0. The van der Waals surface area contributed by atoms with Crippen molar-refractivity contribution >= 4 is 11.9 Å². The van der Waals surface area contributed by atoms with E-state index in [-0.39, 0.29) is 6.03 Å². The largest absolute Gasteiger partial charge is 0.343 e. The molecule has 1 aliphatic heterocycles. The Labute approximate surface area is 158 Å². The molecule has 0 radical (unpaired) electrons. The fourth-order valence-corrected chi connectivity index (χ4v) is 4.10. The van der Waals surface area contributed by atoms with E-state index in [0.717, 1.165) is 70.5 Å². The predicted octanol–water partition coefficient (Wildman–Crippen LogP) is 2.64. The lowest BCUT2D eigenvalue weighted by Gasteiger charge is -2.32. The molecule has 0 bridgehead atoms. The Hall–Kier alpha value is -1.30. The van der Waals surface area contributed by atoms with Gasteiger partial charge in [-0.3, -0.25) is 4.79 Å². The zero-order valence-electron chi connectivity index (χ0n) is 16.5. The molecule has 0 aromatic heterocycles. The Balaban J connectivity index is 1.45. The van der Waals surface area contributed by atoms with Crippen molar-refractivity contribution in [2.45, 2.75) is 76.7 Å². The number of nitrogens with one attached hydrogen (secondary N) is 3. The summed E-state index contributed by atoms with van der Waals surface area (Å²) in [5.41, 5.74) is 0. The van der Waals surface area contributed by atoms with Gasteiger partial charge in [-0.2, -0.15) is 0 Å². The van der Waals surface area contributed by atoms with Gasteiger partial charge in [0.2, 0.25) is 5.91 Å². The maximum Gasteiger partial charge on any atom is 0.315 e. The van der Waals surface area contributed by atoms with Gasteiger partial charge in [-0.15, -0.1) is 0 Å². The molecule has 150 valence electrons. The van der Waals surface area contributed by atoms with Crippen LogP contribution in [-0.4, -0.2) is 56.1 Å². The Morgan fingerprint density at radius 3 is 2.38 bits per heavy atom. The average molecular weight is 367 g/mol. The van der Waals surface area contributed by atoms with Crippen LogP contribution < -0.4 is 16.0 Å². The van der Waals surface area contributed by atoms with E-state index in [1.54, 1.807) is 0 Å². The first-order chi connectivity index (χ1) is 12.7. The summed E-state index contributed by atoms with van der Waals surface area (Å²) in [4.78, 5) is 26.1. The summed E-state index contributed by atoms with van der Waals surface area (Å²) in [6, 6.07) is 0.330. The van der Waals surface area contributed by atoms with E-state index in [1.165, 1.54) is 19.3 Å². The highest BCUT2D eigenvalue weighted by Gasteiger charge is 2.21. The van der Waals surface area contributed by atoms with Crippen molar-refractivity contribution in [1.82, 2.24) is 20.9 Å². The van der Waals surface area contributed by atoms with E-state index in [2.05, 4.69) is 16.0 Å². The molecular weight excluding hydrogens is 328 g/mol. The normalized spacial score (nSPS) is 19.3. The number of carbonyl (C=O) groups is 2. The molecule has 2 fully saturated rings. The van der Waals surface area contributed by atoms with E-state index in [0.29, 0.717) is 24.9 Å². The quantitative estimate of drug-likeness (QED) is 0.549. The van der Waals surface area contributed by atoms with Gasteiger partial charge in [-0.05, 0) is 58.0 Å². The van der Waals surface area contributed by atoms with Crippen molar-refractivity contribution in [2.75, 3.05) is 33.2 Å². The molecular formula is C20H38N4O2. The van der Waals surface area contributed by atoms with Crippen molar-refractivity contribution in [3.05, 3.63) is 0 Å². The molecule has 0 atom stereocenters. The van der Waals surface area contributed by atoms with Crippen LogP contribution in [0.3, 0.4) is 0 Å². The smallest absolute Gasteiger partial charge is 0.315 e. The van der Waals surface area contributed by atoms with Crippen LogP contribution in [0, 0.1) is 5.92 Å². The van der Waals surface area contributed by atoms with E-state index >= 15 is 0 Å². The SMILES string of the molecule is CNCC1CCN(C(=O)CCCCCNC(=O)NC2CCCCC2)CC1. The van der Waals surface area contributed by atoms with Gasteiger partial charge >= 0.3 is 6.03 Å². The Morgan fingerprint density at radius 1 is 0.962 bits per heavy atom. The van der Waals surface area contributed by atoms with Crippen molar-refractivity contribution in [1.29, 1.82) is 0 Å². The topological polar surface area (TPSA) is 73.5 Å². The zero-order valence-corrected chi connectivity index (χ0v) is 16.5. The van der Waals surface area contributed by atoms with Crippen LogP contribution in [0.5, 0.6) is 0 Å². The summed E-state index contributed by atoms with van der Waals surface area (Å²) in [6.07, 6.45) is 11.7. The molecule has 6 heteroatoms. The van der Waals surface area contributed by atoms with Gasteiger partial charge in [0.25, 0.3) is 0 Å². The number of rotatable bonds is 9. The summed E-state index contributed by atoms with van der Waals surface area (Å²) in [6.45, 7) is 3.58. The van der Waals surface area contributed by atoms with E-state index in [1.807, 2.05) is 11.9 Å². The van der Waals surface area contributed by atoms with E-state index < -0.39 is 0 Å². The fraction of sp³-hybridized carbons (Fsp3) is 0.900. The summed E-state index contributed by atoms with van der Waals surface area (Å²) < 4.78 is 0. The van der Waals surface area contributed by atoms with Crippen molar-refractivity contribution < 1.29 is 9.59 Å². The molecule has 1 aliphatic carbocycles. The first-order valence-electron chi connectivity index (χ1n) is 10.7. The molecule has 26 heavy (non-hydrogen) atoms. The first-order valence-corrected chi connectivity index (χ1v) is 10.7. The highest BCUT2D eigenvalue weighted by Crippen LogP contribution is 2.18. The Kier molecular flexibility index (Phi) is 9.82. The Morgan fingerprint density at radius 2 is 1.69 bits per heavy atom. The van der Waals surface area contributed by atoms with Crippen LogP contribution in [0.2, 0.25) is 0 Å². The van der Waals surface area contributed by atoms with Gasteiger partial charge in [0, 0.05) is 32.1 Å². The third-order valence-corrected chi connectivity index (χ3v) is 5.75. The fourth-order valence-electron chi connectivity index (χ4n) is 4.10. The minimum absolute atomic E-state index is 0.0302. The third-order valence-electron chi connectivity index (χ3n) is 5.75. The van der Waals surface area contributed by atoms with Gasteiger partial charge in [0.1, 0.15) is 0 Å². The molecule has 0 unspecified atom stereocenters. The average Bonchev–Trinajstić information content (AvgIpc) is 2.66. The lowest BCUT2D eigenvalue weighted by atomic mass is 9.96. The number of likely N-dealkylation sites (tertiary alicyclic amines) is 1. The monoisotopic (exact) mass is 366 g/mol. The number of nitrogens with zero attached hydrogens (tertiary/aromatic N) is 1. The van der Waals surface area contributed by atoms with Crippen LogP contribution in [0.4, 0.5) is 4.79 Å². The minimum atomic E-state index is -0.0302. The van der Waals surface area contributed by atoms with Crippen LogP contribution in [-0.2, 0) is 4.79 Å². The van der Waals surface area contributed by atoms with Crippen LogP contribution in [0.15, 0.2) is 0 Å². The molecule has 0 spiro atoms. The maximum atomic E-state index is 12.3. The zero-order chi connectivity index (χ0) is 18.6. The second kappa shape index (κ2) is 12.2. The van der Waals surface area contributed by atoms with Gasteiger partial charge in [0.15, 0.2) is 0 Å². The number of unbranched alkanes of at least 4 members (excludes halogenated alkanes) is 2. The second-order valence-electron chi connectivity index (χ2n) is 7.93. The number of hydrogen-bond acceptors (Lipinski definition) is 3. The number of piperidine rings is 1. The molecule has 1 heterocycles. The van der Waals surface area contributed by atoms with E-state index in [9.17, 15) is 9.59 Å². The predicted molar refractivity (Wildman–Crippen MR) is 105 cm³/mol. The molecule has 0 aromatic rings. The van der Waals surface area contributed by atoms with Crippen molar-refractivity contribution in [3.63, 3.8) is 0 Å². The van der Waals surface area contributed by atoms with Crippen LogP contribution >= 0.6 is 0 Å². The van der Waals surface area contributed by atoms with Gasteiger partial charge in [0.05, 0.1) is 0 Å². The standard InChI is InChI=1S/C20H38N4O2/c1-21-16-17-11-14-24(15-12-17)19(25)10-6-3-7-13-22-20(26)23-18-8-4-2-5-9-18/h17-18,21H,2-16H2,1H3,(H2,22,23,26). The van der Waals surface area contributed by atoms with Gasteiger partial charge in [-0.1, -0.05) is 25.7 Å². The molecule has 1 saturated heterocycles. The molecule has 6 nitrogen and oxygen atoms in total. The third kappa shape index (κ3) is 7.94. The van der Waals surface area contributed by atoms with Crippen molar-refractivity contribution in [2.24, 2.45) is 5.92 Å². The number of amides is 3. The summed E-state index contributed by atoms with van der Waals surface area (Å²) in [7, 11) is 1.99. The first kappa shape index (κ1) is 21.0. The van der Waals surface area contributed by atoms with Gasteiger partial charge < -0.3 is 20.9 Å². The molecule has 3 N–H and O–H groups in total. The molecule has 1 saturated carbocycles. The van der Waals surface area contributed by atoms with E-state index in [4.69, 9.17) is 0 Å². The minimum Gasteiger partial charge on any atom is -0.343 e. The second-order valence-corrected chi connectivity index (χ2v) is 7.93. The lowest BCUT2D eigenvalue weighted by molar-refractivity contribution is -0.132. The molecule has 2 aliphatic rings. The summed E-state index contributed by atoms with van der Waals surface area (Å²) in [5.74, 6) is 1.02. The summed E-state index contributed by atoms with van der Waals surface area (Å²) in [5, 5.41) is 9.24. The molecule has 0 aromatic carbocycles. The number of urea groups is 1.